The van der Waals surface area contributed by atoms with Crippen LogP contribution in [0.3, 0.4) is 0 Å². The molecule has 4 aromatic rings. The van der Waals surface area contributed by atoms with Gasteiger partial charge < -0.3 is 10.1 Å². The van der Waals surface area contributed by atoms with Crippen molar-refractivity contribution in [2.45, 2.75) is 13.0 Å². The van der Waals surface area contributed by atoms with E-state index in [1.807, 2.05) is 61.5 Å². The number of benzene rings is 1. The van der Waals surface area contributed by atoms with Crippen molar-refractivity contribution in [3.8, 4) is 22.7 Å². The second-order valence-electron chi connectivity index (χ2n) is 6.56. The molecule has 3 heterocycles. The van der Waals surface area contributed by atoms with E-state index < -0.39 is 0 Å². The van der Waals surface area contributed by atoms with Gasteiger partial charge in [-0.2, -0.15) is 0 Å². The number of rotatable bonds is 6. The van der Waals surface area contributed by atoms with Crippen LogP contribution in [0, 0.1) is 0 Å². The number of nitrogens with zero attached hydrogens (tertiary/aromatic N) is 5. The zero-order chi connectivity index (χ0) is 20.9. The second kappa shape index (κ2) is 8.52. The molecule has 1 N–H and O–H groups in total. The lowest BCUT2D eigenvalue weighted by Crippen LogP contribution is -2.28. The van der Waals surface area contributed by atoms with Crippen LogP contribution in [0.1, 0.15) is 29.1 Å². The number of hydrogen-bond acceptors (Lipinski definition) is 6. The Bertz CT molecular complexity index is 1140. The van der Waals surface area contributed by atoms with Gasteiger partial charge in [0.15, 0.2) is 5.69 Å². The van der Waals surface area contributed by atoms with Crippen molar-refractivity contribution in [3.63, 3.8) is 0 Å². The molecule has 1 amide bonds. The Kier molecular flexibility index (Phi) is 5.47. The Morgan fingerprint density at radius 2 is 1.80 bits per heavy atom. The van der Waals surface area contributed by atoms with Crippen molar-refractivity contribution in [2.75, 3.05) is 7.11 Å². The van der Waals surface area contributed by atoms with Gasteiger partial charge in [-0.25, -0.2) is 4.68 Å². The number of ether oxygens (including phenoxy) is 1. The molecule has 0 unspecified atom stereocenters. The fraction of sp³-hybridized carbons (Fsp3) is 0.136. The molecule has 0 bridgehead atoms. The lowest BCUT2D eigenvalue weighted by molar-refractivity contribution is 0.0934. The zero-order valence-electron chi connectivity index (χ0n) is 16.6. The van der Waals surface area contributed by atoms with Gasteiger partial charge in [-0.1, -0.05) is 23.4 Å². The number of para-hydroxylation sites is 2. The molecule has 0 fully saturated rings. The third-order valence-corrected chi connectivity index (χ3v) is 4.63. The monoisotopic (exact) mass is 400 g/mol. The number of carbonyl (C=O) groups is 1. The minimum absolute atomic E-state index is 0.204. The summed E-state index contributed by atoms with van der Waals surface area (Å²) in [7, 11) is 1.59. The van der Waals surface area contributed by atoms with Gasteiger partial charge in [0, 0.05) is 24.2 Å². The molecule has 8 nitrogen and oxygen atoms in total. The number of amides is 1. The van der Waals surface area contributed by atoms with Gasteiger partial charge in [0.1, 0.15) is 17.1 Å². The molecule has 0 saturated carbocycles. The van der Waals surface area contributed by atoms with Crippen molar-refractivity contribution >= 4 is 5.91 Å². The van der Waals surface area contributed by atoms with E-state index in [0.717, 1.165) is 11.3 Å². The van der Waals surface area contributed by atoms with Gasteiger partial charge in [0.25, 0.3) is 5.91 Å². The zero-order valence-corrected chi connectivity index (χ0v) is 16.6. The molecular formula is C22H20N6O2. The molecule has 3 aromatic heterocycles. The Balaban J connectivity index is 1.77. The lowest BCUT2D eigenvalue weighted by atomic mass is 10.1. The van der Waals surface area contributed by atoms with Crippen LogP contribution in [0.5, 0.6) is 5.75 Å². The quantitative estimate of drug-likeness (QED) is 0.534. The van der Waals surface area contributed by atoms with Gasteiger partial charge in [0.2, 0.25) is 0 Å². The predicted molar refractivity (Wildman–Crippen MR) is 111 cm³/mol. The highest BCUT2D eigenvalue weighted by Crippen LogP contribution is 2.29. The summed E-state index contributed by atoms with van der Waals surface area (Å²) < 4.78 is 7.08. The van der Waals surface area contributed by atoms with Crippen molar-refractivity contribution in [1.82, 2.24) is 30.3 Å². The normalized spacial score (nSPS) is 11.7. The average molecular weight is 400 g/mol. The predicted octanol–water partition coefficient (Wildman–Crippen LogP) is 3.22. The molecule has 0 saturated heterocycles. The maximum atomic E-state index is 13.1. The molecule has 1 atom stereocenters. The molecule has 0 aliphatic heterocycles. The minimum Gasteiger partial charge on any atom is -0.494 e. The van der Waals surface area contributed by atoms with Gasteiger partial charge >= 0.3 is 0 Å². The van der Waals surface area contributed by atoms with Crippen molar-refractivity contribution in [1.29, 1.82) is 0 Å². The minimum atomic E-state index is -0.346. The highest BCUT2D eigenvalue weighted by molar-refractivity contribution is 5.98. The fourth-order valence-corrected chi connectivity index (χ4v) is 3.15. The van der Waals surface area contributed by atoms with Crippen LogP contribution in [0.4, 0.5) is 0 Å². The summed E-state index contributed by atoms with van der Waals surface area (Å²) in [5.74, 6) is 0.271. The van der Waals surface area contributed by atoms with Crippen LogP contribution in [0.15, 0.2) is 73.2 Å². The number of hydrogen-bond donors (Lipinski definition) is 1. The Labute approximate surface area is 173 Å². The van der Waals surface area contributed by atoms with E-state index >= 15 is 0 Å². The van der Waals surface area contributed by atoms with Crippen molar-refractivity contribution in [3.05, 3.63) is 84.6 Å². The molecule has 30 heavy (non-hydrogen) atoms. The molecule has 1 aromatic carbocycles. The summed E-state index contributed by atoms with van der Waals surface area (Å²) in [5.41, 5.74) is 2.95. The highest BCUT2D eigenvalue weighted by Gasteiger charge is 2.24. The summed E-state index contributed by atoms with van der Waals surface area (Å²) >= 11 is 0. The summed E-state index contributed by atoms with van der Waals surface area (Å²) in [6.45, 7) is 1.87. The first-order chi connectivity index (χ1) is 14.7. The SMILES string of the molecule is COc1ccccc1-n1nnc(C(=O)N[C@H](C)c2ccccn2)c1-c1ccncc1. The van der Waals surface area contributed by atoms with Gasteiger partial charge in [-0.15, -0.1) is 5.10 Å². The second-order valence-corrected chi connectivity index (χ2v) is 6.56. The largest absolute Gasteiger partial charge is 0.494 e. The lowest BCUT2D eigenvalue weighted by Gasteiger charge is -2.14. The molecule has 4 rings (SSSR count). The van der Waals surface area contributed by atoms with Crippen LogP contribution in [0.2, 0.25) is 0 Å². The van der Waals surface area contributed by atoms with Gasteiger partial charge in [-0.05, 0) is 43.3 Å². The first-order valence-electron chi connectivity index (χ1n) is 9.40. The Morgan fingerprint density at radius 3 is 2.53 bits per heavy atom. The maximum absolute atomic E-state index is 13.1. The van der Waals surface area contributed by atoms with E-state index in [-0.39, 0.29) is 17.6 Å². The number of methoxy groups -OCH3 is 1. The summed E-state index contributed by atoms with van der Waals surface area (Å²) in [5, 5.41) is 11.4. The fourth-order valence-electron chi connectivity index (χ4n) is 3.15. The highest BCUT2D eigenvalue weighted by atomic mass is 16.5. The van der Waals surface area contributed by atoms with Crippen molar-refractivity contribution < 1.29 is 9.53 Å². The summed E-state index contributed by atoms with van der Waals surface area (Å²) in [4.78, 5) is 21.5. The van der Waals surface area contributed by atoms with Crippen LogP contribution < -0.4 is 10.1 Å². The Hall–Kier alpha value is -4.07. The number of pyridine rings is 2. The van der Waals surface area contributed by atoms with E-state index in [9.17, 15) is 4.79 Å². The molecule has 0 aliphatic carbocycles. The van der Waals surface area contributed by atoms with Crippen LogP contribution in [-0.2, 0) is 0 Å². The topological polar surface area (TPSA) is 94.8 Å². The first kappa shape index (κ1) is 19.3. The summed E-state index contributed by atoms with van der Waals surface area (Å²) in [6, 6.07) is 16.3. The third-order valence-electron chi connectivity index (χ3n) is 4.63. The van der Waals surface area contributed by atoms with Gasteiger partial charge in [0.05, 0.1) is 18.8 Å². The van der Waals surface area contributed by atoms with Crippen molar-refractivity contribution in [2.24, 2.45) is 0 Å². The third kappa shape index (κ3) is 3.75. The number of aromatic nitrogens is 5. The van der Waals surface area contributed by atoms with E-state index in [1.165, 1.54) is 0 Å². The smallest absolute Gasteiger partial charge is 0.274 e. The standard InChI is InChI=1S/C22H20N6O2/c1-15(17-7-5-6-12-24-17)25-22(29)20-21(16-10-13-23-14-11-16)28(27-26-20)18-8-3-4-9-19(18)30-2/h3-15H,1-2H3,(H,25,29)/t15-/m1/s1. The average Bonchev–Trinajstić information content (AvgIpc) is 3.25. The van der Waals surface area contributed by atoms with Crippen LogP contribution >= 0.6 is 0 Å². The van der Waals surface area contributed by atoms with E-state index in [0.29, 0.717) is 17.1 Å². The molecule has 150 valence electrons. The van der Waals surface area contributed by atoms with E-state index in [1.54, 1.807) is 30.4 Å². The van der Waals surface area contributed by atoms with E-state index in [4.69, 9.17) is 4.74 Å². The summed E-state index contributed by atoms with van der Waals surface area (Å²) in [6.07, 6.45) is 5.01. The Morgan fingerprint density at radius 1 is 1.03 bits per heavy atom. The molecule has 8 heteroatoms. The van der Waals surface area contributed by atoms with Crippen LogP contribution in [-0.4, -0.2) is 38.0 Å². The molecular weight excluding hydrogens is 380 g/mol. The first-order valence-corrected chi connectivity index (χ1v) is 9.40. The molecule has 0 aliphatic rings. The maximum Gasteiger partial charge on any atom is 0.274 e. The van der Waals surface area contributed by atoms with E-state index in [2.05, 4.69) is 25.6 Å². The molecule has 0 radical (unpaired) electrons. The molecule has 0 spiro atoms. The number of nitrogens with one attached hydrogen (secondary N) is 1. The van der Waals surface area contributed by atoms with Crippen LogP contribution in [0.25, 0.3) is 16.9 Å². The number of carbonyl (C=O) groups excluding carboxylic acids is 1. The van der Waals surface area contributed by atoms with Gasteiger partial charge in [-0.3, -0.25) is 14.8 Å².